The van der Waals surface area contributed by atoms with Gasteiger partial charge < -0.3 is 0 Å². The van der Waals surface area contributed by atoms with Crippen LogP contribution in [0.2, 0.25) is 0 Å². The zero-order chi connectivity index (χ0) is 13.1. The molecule has 6 heteroatoms. The molecule has 0 N–H and O–H groups in total. The van der Waals surface area contributed by atoms with Crippen LogP contribution in [-0.2, 0) is 0 Å². The summed E-state index contributed by atoms with van der Waals surface area (Å²) in [6.45, 7) is 5.91. The Kier molecular flexibility index (Phi) is 3.53. The minimum Gasteiger partial charge on any atom is -0.245 e. The Balaban J connectivity index is 2.26. The molecule has 90 valence electrons. The van der Waals surface area contributed by atoms with Gasteiger partial charge in [-0.15, -0.1) is 0 Å². The summed E-state index contributed by atoms with van der Waals surface area (Å²) < 4.78 is 0. The molecule has 0 atom stereocenters. The molecule has 0 bridgehead atoms. The first-order valence-electron chi connectivity index (χ1n) is 5.32. The second-order valence-corrected chi connectivity index (χ2v) is 4.74. The Hall–Kier alpha value is -2.00. The quantitative estimate of drug-likeness (QED) is 0.768. The number of hydrogen-bond donors (Lipinski definition) is 0. The van der Waals surface area contributed by atoms with Crippen LogP contribution < -0.4 is 0 Å². The predicted molar refractivity (Wildman–Crippen MR) is 67.1 cm³/mol. The summed E-state index contributed by atoms with van der Waals surface area (Å²) in [6, 6.07) is 1.93. The second-order valence-electron chi connectivity index (χ2n) is 3.76. The Morgan fingerprint density at radius 2 is 1.72 bits per heavy atom. The molecule has 0 aliphatic carbocycles. The van der Waals surface area contributed by atoms with Crippen molar-refractivity contribution in [1.82, 2.24) is 19.9 Å². The first kappa shape index (κ1) is 12.5. The lowest BCUT2D eigenvalue weighted by Crippen LogP contribution is -1.98. The van der Waals surface area contributed by atoms with Crippen LogP contribution in [-0.4, -0.2) is 19.9 Å². The number of aromatic nitrogens is 4. The molecule has 0 spiro atoms. The Labute approximate surface area is 109 Å². The van der Waals surface area contributed by atoms with Crippen LogP contribution >= 0.6 is 11.8 Å². The third-order valence-corrected chi connectivity index (χ3v) is 3.34. The lowest BCUT2D eigenvalue weighted by molar-refractivity contribution is 0.876. The monoisotopic (exact) mass is 257 g/mol. The van der Waals surface area contributed by atoms with E-state index >= 15 is 0 Å². The fourth-order valence-electron chi connectivity index (χ4n) is 1.31. The van der Waals surface area contributed by atoms with Crippen molar-refractivity contribution in [3.8, 4) is 6.07 Å². The highest BCUT2D eigenvalue weighted by Gasteiger charge is 2.07. The largest absolute Gasteiger partial charge is 0.245 e. The maximum absolute atomic E-state index is 8.64. The molecule has 0 radical (unpaired) electrons. The predicted octanol–water partition coefficient (Wildman–Crippen LogP) is 2.21. The Morgan fingerprint density at radius 1 is 1.06 bits per heavy atom. The van der Waals surface area contributed by atoms with E-state index < -0.39 is 0 Å². The summed E-state index contributed by atoms with van der Waals surface area (Å²) in [4.78, 5) is 16.9. The summed E-state index contributed by atoms with van der Waals surface area (Å²) in [6.07, 6.45) is 2.99. The summed E-state index contributed by atoms with van der Waals surface area (Å²) >= 11 is 1.34. The fourth-order valence-corrected chi connectivity index (χ4v) is 2.07. The molecule has 0 unspecified atom stereocenters. The molecule has 2 rings (SSSR count). The van der Waals surface area contributed by atoms with E-state index in [0.717, 1.165) is 17.0 Å². The minimum atomic E-state index is 0.302. The molecule has 0 amide bonds. The van der Waals surface area contributed by atoms with Crippen molar-refractivity contribution in [3.05, 3.63) is 35.0 Å². The van der Waals surface area contributed by atoms with Crippen LogP contribution in [0.25, 0.3) is 0 Å². The van der Waals surface area contributed by atoms with Gasteiger partial charge in [-0.25, -0.2) is 19.9 Å². The number of nitrogens with zero attached hydrogens (tertiary/aromatic N) is 5. The van der Waals surface area contributed by atoms with Gasteiger partial charge in [0.05, 0.1) is 12.4 Å². The van der Waals surface area contributed by atoms with E-state index in [2.05, 4.69) is 19.9 Å². The SMILES string of the molecule is Cc1nc(Sc2cnc(C#N)cn2)nc(C)c1C. The summed E-state index contributed by atoms with van der Waals surface area (Å²) in [5.74, 6) is 0. The van der Waals surface area contributed by atoms with Crippen molar-refractivity contribution in [2.45, 2.75) is 31.0 Å². The maximum Gasteiger partial charge on any atom is 0.194 e. The van der Waals surface area contributed by atoms with Gasteiger partial charge in [0.2, 0.25) is 0 Å². The summed E-state index contributed by atoms with van der Waals surface area (Å²) in [5.41, 5.74) is 3.33. The summed E-state index contributed by atoms with van der Waals surface area (Å²) in [7, 11) is 0. The zero-order valence-electron chi connectivity index (χ0n) is 10.3. The number of nitriles is 1. The maximum atomic E-state index is 8.64. The smallest absolute Gasteiger partial charge is 0.194 e. The summed E-state index contributed by atoms with van der Waals surface area (Å²) in [5, 5.41) is 9.96. The Bertz CT molecular complexity index is 592. The molecule has 18 heavy (non-hydrogen) atoms. The lowest BCUT2D eigenvalue weighted by Gasteiger charge is -2.05. The van der Waals surface area contributed by atoms with Crippen LogP contribution in [0.3, 0.4) is 0 Å². The standard InChI is InChI=1S/C12H11N5S/c1-7-8(2)16-12(17-9(7)3)18-11-6-14-10(4-13)5-15-11/h5-6H,1-3H3. The van der Waals surface area contributed by atoms with Gasteiger partial charge in [-0.3, -0.25) is 0 Å². The van der Waals surface area contributed by atoms with Crippen molar-refractivity contribution in [1.29, 1.82) is 5.26 Å². The van der Waals surface area contributed by atoms with Gasteiger partial charge in [-0.05, 0) is 38.1 Å². The van der Waals surface area contributed by atoms with Crippen molar-refractivity contribution in [3.63, 3.8) is 0 Å². The lowest BCUT2D eigenvalue weighted by atomic mass is 10.2. The van der Waals surface area contributed by atoms with E-state index in [1.807, 2.05) is 26.8 Å². The van der Waals surface area contributed by atoms with E-state index in [0.29, 0.717) is 15.9 Å². The molecular weight excluding hydrogens is 246 g/mol. The third kappa shape index (κ3) is 2.63. The number of hydrogen-bond acceptors (Lipinski definition) is 6. The van der Waals surface area contributed by atoms with Gasteiger partial charge in [0.15, 0.2) is 10.9 Å². The highest BCUT2D eigenvalue weighted by Crippen LogP contribution is 2.23. The van der Waals surface area contributed by atoms with Crippen molar-refractivity contribution in [2.75, 3.05) is 0 Å². The van der Waals surface area contributed by atoms with Crippen molar-refractivity contribution in [2.24, 2.45) is 0 Å². The van der Waals surface area contributed by atoms with Crippen molar-refractivity contribution < 1.29 is 0 Å². The average molecular weight is 257 g/mol. The molecule has 5 nitrogen and oxygen atoms in total. The normalized spacial score (nSPS) is 10.1. The number of rotatable bonds is 2. The molecular formula is C12H11N5S. The molecule has 2 aromatic rings. The zero-order valence-corrected chi connectivity index (χ0v) is 11.1. The number of aryl methyl sites for hydroxylation is 2. The molecule has 0 saturated carbocycles. The molecule has 2 aromatic heterocycles. The van der Waals surface area contributed by atoms with Crippen molar-refractivity contribution >= 4 is 11.8 Å². The second kappa shape index (κ2) is 5.10. The first-order valence-corrected chi connectivity index (χ1v) is 6.13. The Morgan fingerprint density at radius 3 is 2.22 bits per heavy atom. The van der Waals surface area contributed by atoms with Crippen LogP contribution in [0.15, 0.2) is 22.6 Å². The topological polar surface area (TPSA) is 75.3 Å². The van der Waals surface area contributed by atoms with E-state index in [1.54, 1.807) is 6.20 Å². The molecule has 0 aromatic carbocycles. The molecule has 0 aliphatic rings. The molecule has 0 aliphatic heterocycles. The van der Waals surface area contributed by atoms with Crippen LogP contribution in [0.4, 0.5) is 0 Å². The van der Waals surface area contributed by atoms with E-state index in [-0.39, 0.29) is 0 Å². The molecule has 2 heterocycles. The average Bonchev–Trinajstić information content (AvgIpc) is 2.37. The third-order valence-electron chi connectivity index (χ3n) is 2.55. The molecule has 0 saturated heterocycles. The van der Waals surface area contributed by atoms with E-state index in [4.69, 9.17) is 5.26 Å². The first-order chi connectivity index (χ1) is 8.60. The van der Waals surface area contributed by atoms with Crippen LogP contribution in [0.5, 0.6) is 0 Å². The van der Waals surface area contributed by atoms with Gasteiger partial charge >= 0.3 is 0 Å². The van der Waals surface area contributed by atoms with E-state index in [1.165, 1.54) is 18.0 Å². The highest BCUT2D eigenvalue weighted by atomic mass is 32.2. The van der Waals surface area contributed by atoms with Crippen LogP contribution in [0.1, 0.15) is 22.6 Å². The van der Waals surface area contributed by atoms with Gasteiger partial charge in [0, 0.05) is 11.4 Å². The van der Waals surface area contributed by atoms with Gasteiger partial charge in [0.1, 0.15) is 11.1 Å². The van der Waals surface area contributed by atoms with Gasteiger partial charge in [-0.2, -0.15) is 5.26 Å². The van der Waals surface area contributed by atoms with Gasteiger partial charge in [0.25, 0.3) is 0 Å². The molecule has 0 fully saturated rings. The minimum absolute atomic E-state index is 0.302. The van der Waals surface area contributed by atoms with Crippen LogP contribution in [0, 0.1) is 32.1 Å². The fraction of sp³-hybridized carbons (Fsp3) is 0.250. The highest BCUT2D eigenvalue weighted by molar-refractivity contribution is 7.99. The van der Waals surface area contributed by atoms with E-state index in [9.17, 15) is 0 Å². The van der Waals surface area contributed by atoms with Gasteiger partial charge in [-0.1, -0.05) is 0 Å².